The molecule has 1 saturated heterocycles. The summed E-state index contributed by atoms with van der Waals surface area (Å²) in [6.45, 7) is 4.69. The van der Waals surface area contributed by atoms with Crippen molar-refractivity contribution in [2.24, 2.45) is 5.92 Å². The summed E-state index contributed by atoms with van der Waals surface area (Å²) in [4.78, 5) is 15.1. The highest BCUT2D eigenvalue weighted by molar-refractivity contribution is 7.89. The van der Waals surface area contributed by atoms with Crippen LogP contribution in [0.25, 0.3) is 0 Å². The third kappa shape index (κ3) is 6.45. The molecule has 2 aliphatic rings. The molecule has 1 amide bonds. The molecular weight excluding hydrogens is 466 g/mol. The Balaban J connectivity index is 1.27. The lowest BCUT2D eigenvalue weighted by molar-refractivity contribution is -0.121. The largest absolute Gasteiger partial charge is 0.492 e. The minimum absolute atomic E-state index is 0.163. The number of fused-ring (bicyclic) bond motifs is 1. The van der Waals surface area contributed by atoms with Crippen LogP contribution in [0.2, 0.25) is 5.02 Å². The molecule has 178 valence electrons. The van der Waals surface area contributed by atoms with Crippen molar-refractivity contribution in [3.8, 4) is 5.75 Å². The molecule has 1 atom stereocenters. The summed E-state index contributed by atoms with van der Waals surface area (Å²) in [5, 5.41) is 3.44. The van der Waals surface area contributed by atoms with Crippen molar-refractivity contribution in [2.45, 2.75) is 17.7 Å². The summed E-state index contributed by atoms with van der Waals surface area (Å²) >= 11 is 6.04. The number of nitrogens with zero attached hydrogens (tertiary/aromatic N) is 1. The van der Waals surface area contributed by atoms with Crippen molar-refractivity contribution in [2.75, 3.05) is 51.3 Å². The third-order valence-corrected chi connectivity index (χ3v) is 7.49. The molecule has 0 aliphatic carbocycles. The zero-order valence-corrected chi connectivity index (χ0v) is 19.8. The first-order valence-corrected chi connectivity index (χ1v) is 12.9. The average Bonchev–Trinajstić information content (AvgIpc) is 2.82. The molecule has 33 heavy (non-hydrogen) atoms. The number of halogens is 1. The van der Waals surface area contributed by atoms with Gasteiger partial charge in [0.05, 0.1) is 24.0 Å². The van der Waals surface area contributed by atoms with Crippen LogP contribution in [0, 0.1) is 5.92 Å². The number of anilines is 1. The van der Waals surface area contributed by atoms with Gasteiger partial charge in [-0.25, -0.2) is 13.1 Å². The van der Waals surface area contributed by atoms with Crippen LogP contribution in [0.15, 0.2) is 47.4 Å². The van der Waals surface area contributed by atoms with Gasteiger partial charge in [-0.3, -0.25) is 9.69 Å². The molecule has 0 aromatic heterocycles. The van der Waals surface area contributed by atoms with Crippen LogP contribution >= 0.6 is 11.6 Å². The summed E-state index contributed by atoms with van der Waals surface area (Å²) in [5.74, 6) is 0.209. The number of carbonyl (C=O) groups is 1. The Morgan fingerprint density at radius 1 is 1.12 bits per heavy atom. The van der Waals surface area contributed by atoms with Crippen LogP contribution in [-0.4, -0.2) is 65.2 Å². The molecule has 2 aromatic carbocycles. The van der Waals surface area contributed by atoms with Crippen LogP contribution in [0.1, 0.15) is 12.0 Å². The fourth-order valence-electron chi connectivity index (χ4n) is 3.91. The van der Waals surface area contributed by atoms with E-state index in [1.165, 1.54) is 12.1 Å². The van der Waals surface area contributed by atoms with Crippen LogP contribution in [-0.2, 0) is 26.0 Å². The number of carbonyl (C=O) groups excluding carboxylic acids is 1. The van der Waals surface area contributed by atoms with E-state index < -0.39 is 10.0 Å². The fourth-order valence-corrected chi connectivity index (χ4v) is 5.18. The predicted molar refractivity (Wildman–Crippen MR) is 126 cm³/mol. The number of sulfonamides is 1. The maximum atomic E-state index is 12.7. The lowest BCUT2D eigenvalue weighted by atomic mass is 9.96. The topological polar surface area (TPSA) is 97.0 Å². The molecule has 0 saturated carbocycles. The van der Waals surface area contributed by atoms with E-state index in [4.69, 9.17) is 21.1 Å². The van der Waals surface area contributed by atoms with E-state index >= 15 is 0 Å². The molecule has 8 nitrogen and oxygen atoms in total. The van der Waals surface area contributed by atoms with E-state index in [9.17, 15) is 13.2 Å². The predicted octanol–water partition coefficient (Wildman–Crippen LogP) is 2.53. The van der Waals surface area contributed by atoms with E-state index in [1.54, 1.807) is 18.2 Å². The zero-order chi connectivity index (χ0) is 23.3. The Bertz CT molecular complexity index is 1070. The van der Waals surface area contributed by atoms with E-state index in [-0.39, 0.29) is 23.3 Å². The van der Waals surface area contributed by atoms with Crippen molar-refractivity contribution in [1.82, 2.24) is 9.62 Å². The van der Waals surface area contributed by atoms with Crippen molar-refractivity contribution in [3.05, 3.63) is 53.1 Å². The van der Waals surface area contributed by atoms with E-state index in [1.807, 2.05) is 12.1 Å². The molecule has 2 aromatic rings. The molecule has 4 rings (SSSR count). The highest BCUT2D eigenvalue weighted by Gasteiger charge is 2.26. The average molecular weight is 494 g/mol. The van der Waals surface area contributed by atoms with Crippen molar-refractivity contribution in [1.29, 1.82) is 0 Å². The lowest BCUT2D eigenvalue weighted by Crippen LogP contribution is -2.38. The number of hydrogen-bond donors (Lipinski definition) is 2. The maximum absolute atomic E-state index is 12.7. The Morgan fingerprint density at radius 3 is 2.64 bits per heavy atom. The molecule has 2 heterocycles. The first kappa shape index (κ1) is 24.0. The van der Waals surface area contributed by atoms with Crippen LogP contribution in [0.5, 0.6) is 5.75 Å². The van der Waals surface area contributed by atoms with E-state index in [0.717, 1.165) is 50.6 Å². The number of amides is 1. The first-order chi connectivity index (χ1) is 15.9. The van der Waals surface area contributed by atoms with Gasteiger partial charge in [0.25, 0.3) is 0 Å². The molecule has 0 unspecified atom stereocenters. The van der Waals surface area contributed by atoms with Crippen LogP contribution in [0.3, 0.4) is 0 Å². The van der Waals surface area contributed by atoms with Crippen molar-refractivity contribution >= 4 is 33.2 Å². The third-order valence-electron chi connectivity index (χ3n) is 5.78. The van der Waals surface area contributed by atoms with Gasteiger partial charge in [-0.15, -0.1) is 0 Å². The second-order valence-electron chi connectivity index (χ2n) is 8.18. The summed E-state index contributed by atoms with van der Waals surface area (Å²) in [6, 6.07) is 11.5. The van der Waals surface area contributed by atoms with Crippen molar-refractivity contribution < 1.29 is 22.7 Å². The Morgan fingerprint density at radius 2 is 1.88 bits per heavy atom. The molecule has 10 heteroatoms. The van der Waals surface area contributed by atoms with Gasteiger partial charge in [-0.1, -0.05) is 11.6 Å². The molecule has 0 radical (unpaired) electrons. The second kappa shape index (κ2) is 10.8. The van der Waals surface area contributed by atoms with Gasteiger partial charge < -0.3 is 14.8 Å². The Labute approximate surface area is 199 Å². The zero-order valence-electron chi connectivity index (χ0n) is 18.3. The number of rotatable bonds is 8. The van der Waals surface area contributed by atoms with Crippen LogP contribution in [0.4, 0.5) is 5.69 Å². The molecule has 2 aliphatic heterocycles. The minimum Gasteiger partial charge on any atom is -0.492 e. The molecular formula is C23H28ClN3O5S. The quantitative estimate of drug-likeness (QED) is 0.548. The number of benzene rings is 2. The van der Waals surface area contributed by atoms with Crippen LogP contribution < -0.4 is 14.8 Å². The van der Waals surface area contributed by atoms with E-state index in [0.29, 0.717) is 23.7 Å². The highest BCUT2D eigenvalue weighted by atomic mass is 35.5. The second-order valence-corrected chi connectivity index (χ2v) is 10.4. The van der Waals surface area contributed by atoms with Gasteiger partial charge in [0.1, 0.15) is 12.4 Å². The van der Waals surface area contributed by atoms with Gasteiger partial charge in [0, 0.05) is 30.3 Å². The highest BCUT2D eigenvalue weighted by Crippen LogP contribution is 2.30. The maximum Gasteiger partial charge on any atom is 0.240 e. The lowest BCUT2D eigenvalue weighted by Gasteiger charge is -2.26. The normalized spacial score (nSPS) is 18.9. The Kier molecular flexibility index (Phi) is 7.87. The van der Waals surface area contributed by atoms with Crippen molar-refractivity contribution in [3.63, 3.8) is 0 Å². The SMILES string of the molecule is O=C(Nc1ccc(S(=O)(=O)NCCCN2CCOCC2)cc1)[C@@H]1COc2ccc(Cl)cc2C1. The van der Waals surface area contributed by atoms with E-state index in [2.05, 4.69) is 14.9 Å². The number of nitrogens with one attached hydrogen (secondary N) is 2. The van der Waals surface area contributed by atoms with Gasteiger partial charge in [0.2, 0.25) is 15.9 Å². The minimum atomic E-state index is -3.60. The fraction of sp³-hybridized carbons (Fsp3) is 0.435. The standard InChI is InChI=1S/C23H28ClN3O5S/c24-19-2-7-22-17(15-19)14-18(16-32-22)23(28)26-20-3-5-21(6-4-20)33(29,30)25-8-1-9-27-10-12-31-13-11-27/h2-7,15,18,25H,1,8-14,16H2,(H,26,28)/t18-/m0/s1. The van der Waals surface area contributed by atoms with Gasteiger partial charge >= 0.3 is 0 Å². The van der Waals surface area contributed by atoms with Gasteiger partial charge in [0.15, 0.2) is 0 Å². The Hall–Kier alpha value is -2.17. The molecule has 0 bridgehead atoms. The summed E-state index contributed by atoms with van der Waals surface area (Å²) < 4.78 is 38.7. The molecule has 2 N–H and O–H groups in total. The summed E-state index contributed by atoms with van der Waals surface area (Å²) in [7, 11) is -3.60. The summed E-state index contributed by atoms with van der Waals surface area (Å²) in [6.07, 6.45) is 1.26. The number of morpholine rings is 1. The smallest absolute Gasteiger partial charge is 0.240 e. The summed E-state index contributed by atoms with van der Waals surface area (Å²) in [5.41, 5.74) is 1.43. The number of hydrogen-bond acceptors (Lipinski definition) is 6. The monoisotopic (exact) mass is 493 g/mol. The van der Waals surface area contributed by atoms with Gasteiger partial charge in [-0.2, -0.15) is 0 Å². The van der Waals surface area contributed by atoms with Gasteiger partial charge in [-0.05, 0) is 67.4 Å². The molecule has 1 fully saturated rings. The first-order valence-electron chi connectivity index (χ1n) is 11.0. The molecule has 0 spiro atoms. The number of ether oxygens (including phenoxy) is 2.